The summed E-state index contributed by atoms with van der Waals surface area (Å²) in [6, 6.07) is 0.302. The van der Waals surface area contributed by atoms with Crippen LogP contribution in [0.4, 0.5) is 5.00 Å². The molecule has 7 heteroatoms. The number of nitrogens with one attached hydrogen (secondary N) is 1. The van der Waals surface area contributed by atoms with Gasteiger partial charge in [-0.1, -0.05) is 12.8 Å². The van der Waals surface area contributed by atoms with Gasteiger partial charge < -0.3 is 15.0 Å². The Bertz CT molecular complexity index is 751. The molecule has 26 heavy (non-hydrogen) atoms. The van der Waals surface area contributed by atoms with Gasteiger partial charge in [-0.25, -0.2) is 4.79 Å². The molecular formula is C19H24N2O4S. The maximum atomic E-state index is 12.8. The number of ether oxygens (including phenoxy) is 1. The molecule has 0 unspecified atom stereocenters. The third-order valence-corrected chi connectivity index (χ3v) is 7.05. The first kappa shape index (κ1) is 17.5. The summed E-state index contributed by atoms with van der Waals surface area (Å²) in [5, 5.41) is 3.51. The number of carbonyl (C=O) groups excluding carboxylic acids is 3. The van der Waals surface area contributed by atoms with Gasteiger partial charge in [0.25, 0.3) is 0 Å². The standard InChI is InChI=1S/C19H24N2O4S/c1-25-19(24)16-13-7-4-8-14(13)26-18(16)20-17(23)11-9-15(22)21(10-11)12-5-2-3-6-12/h11-12H,2-10H2,1H3,(H,20,23)/t11-/m1/s1. The lowest BCUT2D eigenvalue weighted by molar-refractivity contribution is -0.129. The highest BCUT2D eigenvalue weighted by Crippen LogP contribution is 2.40. The lowest BCUT2D eigenvalue weighted by Gasteiger charge is -2.23. The fourth-order valence-corrected chi connectivity index (χ4v) is 5.78. The van der Waals surface area contributed by atoms with Gasteiger partial charge in [0, 0.05) is 23.9 Å². The zero-order chi connectivity index (χ0) is 18.3. The zero-order valence-corrected chi connectivity index (χ0v) is 15.8. The molecule has 4 rings (SSSR count). The number of thiophene rings is 1. The number of esters is 1. The molecule has 3 aliphatic rings. The number of hydrogen-bond donors (Lipinski definition) is 1. The number of amides is 2. The van der Waals surface area contributed by atoms with Gasteiger partial charge in [0.05, 0.1) is 18.6 Å². The number of aryl methyl sites for hydroxylation is 1. The van der Waals surface area contributed by atoms with E-state index in [0.717, 1.165) is 55.4 Å². The van der Waals surface area contributed by atoms with Crippen LogP contribution >= 0.6 is 11.3 Å². The fourth-order valence-electron chi connectivity index (χ4n) is 4.50. The Morgan fingerprint density at radius 1 is 1.19 bits per heavy atom. The number of carbonyl (C=O) groups is 3. The van der Waals surface area contributed by atoms with Crippen molar-refractivity contribution in [2.24, 2.45) is 5.92 Å². The lowest BCUT2D eigenvalue weighted by atomic mass is 10.1. The van der Waals surface area contributed by atoms with Gasteiger partial charge in [-0.2, -0.15) is 0 Å². The van der Waals surface area contributed by atoms with Gasteiger partial charge >= 0.3 is 5.97 Å². The Morgan fingerprint density at radius 2 is 1.96 bits per heavy atom. The van der Waals surface area contributed by atoms with Crippen molar-refractivity contribution in [3.05, 3.63) is 16.0 Å². The minimum Gasteiger partial charge on any atom is -0.465 e. The number of rotatable bonds is 4. The summed E-state index contributed by atoms with van der Waals surface area (Å²) in [7, 11) is 1.36. The Hall–Kier alpha value is -1.89. The van der Waals surface area contributed by atoms with Crippen LogP contribution in [-0.4, -0.2) is 42.4 Å². The predicted octanol–water partition coefficient (Wildman–Crippen LogP) is 2.75. The maximum Gasteiger partial charge on any atom is 0.341 e. The molecule has 1 N–H and O–H groups in total. The number of hydrogen-bond acceptors (Lipinski definition) is 5. The van der Waals surface area contributed by atoms with E-state index in [4.69, 9.17) is 4.74 Å². The summed E-state index contributed by atoms with van der Waals surface area (Å²) in [4.78, 5) is 40.4. The monoisotopic (exact) mass is 376 g/mol. The van der Waals surface area contributed by atoms with Gasteiger partial charge in [-0.15, -0.1) is 11.3 Å². The molecule has 0 bridgehead atoms. The van der Waals surface area contributed by atoms with Crippen molar-refractivity contribution in [1.82, 2.24) is 4.90 Å². The second-order valence-electron chi connectivity index (χ2n) is 7.43. The van der Waals surface area contributed by atoms with Crippen LogP contribution in [0.15, 0.2) is 0 Å². The van der Waals surface area contributed by atoms with Crippen molar-refractivity contribution in [3.63, 3.8) is 0 Å². The summed E-state index contributed by atoms with van der Waals surface area (Å²) >= 11 is 1.48. The average molecular weight is 376 g/mol. The molecule has 1 saturated heterocycles. The van der Waals surface area contributed by atoms with Crippen LogP contribution in [0.3, 0.4) is 0 Å². The molecule has 0 aromatic carbocycles. The van der Waals surface area contributed by atoms with E-state index in [-0.39, 0.29) is 24.2 Å². The normalized spacial score (nSPS) is 22.7. The van der Waals surface area contributed by atoms with Crippen LogP contribution in [0.2, 0.25) is 0 Å². The van der Waals surface area contributed by atoms with Crippen molar-refractivity contribution >= 4 is 34.1 Å². The topological polar surface area (TPSA) is 75.7 Å². The van der Waals surface area contributed by atoms with E-state index in [0.29, 0.717) is 23.2 Å². The molecule has 2 aliphatic carbocycles. The van der Waals surface area contributed by atoms with Crippen LogP contribution in [0.1, 0.15) is 59.3 Å². The minimum atomic E-state index is -0.394. The highest BCUT2D eigenvalue weighted by Gasteiger charge is 2.39. The van der Waals surface area contributed by atoms with Crippen molar-refractivity contribution in [2.75, 3.05) is 19.0 Å². The number of methoxy groups -OCH3 is 1. The van der Waals surface area contributed by atoms with Gasteiger partial charge in [0.15, 0.2) is 0 Å². The smallest absolute Gasteiger partial charge is 0.341 e. The summed E-state index contributed by atoms with van der Waals surface area (Å²) in [5.41, 5.74) is 1.53. The predicted molar refractivity (Wildman–Crippen MR) is 98.4 cm³/mol. The second kappa shape index (κ2) is 7.02. The second-order valence-corrected chi connectivity index (χ2v) is 8.53. The van der Waals surface area contributed by atoms with E-state index in [2.05, 4.69) is 5.32 Å². The molecule has 1 atom stereocenters. The first-order chi connectivity index (χ1) is 12.6. The SMILES string of the molecule is COC(=O)c1c(NC(=O)[C@@H]2CC(=O)N(C3CCCC3)C2)sc2c1CCC2. The van der Waals surface area contributed by atoms with Crippen molar-refractivity contribution in [1.29, 1.82) is 0 Å². The third-order valence-electron chi connectivity index (χ3n) is 5.84. The highest BCUT2D eigenvalue weighted by molar-refractivity contribution is 7.17. The molecule has 1 aromatic rings. The molecule has 1 saturated carbocycles. The van der Waals surface area contributed by atoms with Crippen LogP contribution in [0.5, 0.6) is 0 Å². The summed E-state index contributed by atoms with van der Waals surface area (Å²) in [6.45, 7) is 0.494. The quantitative estimate of drug-likeness (QED) is 0.820. The fraction of sp³-hybridized carbons (Fsp3) is 0.632. The third kappa shape index (κ3) is 3.02. The van der Waals surface area contributed by atoms with E-state index in [1.807, 2.05) is 4.90 Å². The molecule has 0 radical (unpaired) electrons. The van der Waals surface area contributed by atoms with E-state index in [1.165, 1.54) is 18.4 Å². The molecule has 2 amide bonds. The Labute approximate surface area is 156 Å². The van der Waals surface area contributed by atoms with Gasteiger partial charge in [-0.3, -0.25) is 9.59 Å². The van der Waals surface area contributed by atoms with Crippen LogP contribution in [0, 0.1) is 5.92 Å². The largest absolute Gasteiger partial charge is 0.465 e. The van der Waals surface area contributed by atoms with E-state index >= 15 is 0 Å². The van der Waals surface area contributed by atoms with Crippen molar-refractivity contribution < 1.29 is 19.1 Å². The summed E-state index contributed by atoms with van der Waals surface area (Å²) < 4.78 is 4.92. The Balaban J connectivity index is 1.49. The van der Waals surface area contributed by atoms with Crippen molar-refractivity contribution in [3.8, 4) is 0 Å². The van der Waals surface area contributed by atoms with Gasteiger partial charge in [0.2, 0.25) is 11.8 Å². The molecular weight excluding hydrogens is 352 g/mol. The maximum absolute atomic E-state index is 12.8. The summed E-state index contributed by atoms with van der Waals surface area (Å²) in [6.07, 6.45) is 7.51. The molecule has 2 heterocycles. The first-order valence-corrected chi connectivity index (χ1v) is 10.2. The molecule has 140 valence electrons. The molecule has 1 aromatic heterocycles. The lowest BCUT2D eigenvalue weighted by Crippen LogP contribution is -2.35. The Kier molecular flexibility index (Phi) is 4.73. The summed E-state index contributed by atoms with van der Waals surface area (Å²) in [5.74, 6) is -0.817. The highest BCUT2D eigenvalue weighted by atomic mass is 32.1. The molecule has 1 aliphatic heterocycles. The van der Waals surface area contributed by atoms with E-state index in [9.17, 15) is 14.4 Å². The zero-order valence-electron chi connectivity index (χ0n) is 15.0. The van der Waals surface area contributed by atoms with E-state index in [1.54, 1.807) is 0 Å². The van der Waals surface area contributed by atoms with E-state index < -0.39 is 5.97 Å². The Morgan fingerprint density at radius 3 is 2.69 bits per heavy atom. The molecule has 0 spiro atoms. The van der Waals surface area contributed by atoms with Crippen LogP contribution in [-0.2, 0) is 27.2 Å². The van der Waals surface area contributed by atoms with Gasteiger partial charge in [-0.05, 0) is 37.7 Å². The number of likely N-dealkylation sites (tertiary alicyclic amines) is 1. The van der Waals surface area contributed by atoms with Crippen LogP contribution < -0.4 is 5.32 Å². The van der Waals surface area contributed by atoms with Crippen LogP contribution in [0.25, 0.3) is 0 Å². The average Bonchev–Trinajstić information content (AvgIpc) is 3.37. The number of anilines is 1. The number of nitrogens with zero attached hydrogens (tertiary/aromatic N) is 1. The van der Waals surface area contributed by atoms with Crippen molar-refractivity contribution in [2.45, 2.75) is 57.4 Å². The molecule has 2 fully saturated rings. The van der Waals surface area contributed by atoms with Gasteiger partial charge in [0.1, 0.15) is 5.00 Å². The molecule has 6 nitrogen and oxygen atoms in total. The first-order valence-electron chi connectivity index (χ1n) is 9.41. The number of fused-ring (bicyclic) bond motifs is 1. The minimum absolute atomic E-state index is 0.0823.